The zero-order valence-electron chi connectivity index (χ0n) is 9.96. The summed E-state index contributed by atoms with van der Waals surface area (Å²) >= 11 is 1.71. The highest BCUT2D eigenvalue weighted by molar-refractivity contribution is 7.15. The van der Waals surface area contributed by atoms with Gasteiger partial charge in [0.15, 0.2) is 0 Å². The second kappa shape index (κ2) is 4.36. The predicted molar refractivity (Wildman–Crippen MR) is 67.7 cm³/mol. The number of hydrogen-bond donors (Lipinski definition) is 1. The second-order valence-corrected chi connectivity index (χ2v) is 5.51. The van der Waals surface area contributed by atoms with Crippen molar-refractivity contribution in [2.24, 2.45) is 5.84 Å². The molecule has 2 N–H and O–H groups in total. The minimum Gasteiger partial charge on any atom is -0.268 e. The molecule has 0 amide bonds. The van der Waals surface area contributed by atoms with Crippen LogP contribution in [0.15, 0.2) is 5.38 Å². The average Bonchev–Trinajstić information content (AvgIpc) is 2.81. The molecule has 0 aromatic carbocycles. The molecule has 92 valence electrons. The first-order valence-corrected chi connectivity index (χ1v) is 6.96. The van der Waals surface area contributed by atoms with Crippen LogP contribution in [0.5, 0.6) is 0 Å². The normalized spacial score (nSPS) is 23.1. The topological polar surface area (TPSA) is 59.5 Å². The molecule has 1 aliphatic heterocycles. The molecule has 0 radical (unpaired) electrons. The minimum absolute atomic E-state index is 0.285. The van der Waals surface area contributed by atoms with Gasteiger partial charge < -0.3 is 0 Å². The highest BCUT2D eigenvalue weighted by atomic mass is 32.1. The van der Waals surface area contributed by atoms with E-state index in [9.17, 15) is 0 Å². The zero-order valence-corrected chi connectivity index (χ0v) is 10.8. The molecular weight excluding hydrogens is 234 g/mol. The van der Waals surface area contributed by atoms with Crippen molar-refractivity contribution >= 4 is 16.2 Å². The number of aryl methyl sites for hydroxylation is 1. The molecule has 0 saturated carbocycles. The van der Waals surface area contributed by atoms with E-state index in [-0.39, 0.29) is 6.04 Å². The van der Waals surface area contributed by atoms with Crippen molar-refractivity contribution in [2.75, 3.05) is 6.54 Å². The minimum atomic E-state index is 0.285. The largest absolute Gasteiger partial charge is 0.268 e. The fourth-order valence-electron chi connectivity index (χ4n) is 2.49. The summed E-state index contributed by atoms with van der Waals surface area (Å²) in [5, 5.41) is 12.5. The maximum atomic E-state index is 6.14. The van der Waals surface area contributed by atoms with Gasteiger partial charge in [-0.25, -0.2) is 9.52 Å². The summed E-state index contributed by atoms with van der Waals surface area (Å²) in [5.74, 6) is 6.14. The van der Waals surface area contributed by atoms with E-state index < -0.39 is 0 Å². The molecule has 1 unspecified atom stereocenters. The molecule has 6 heteroatoms. The third kappa shape index (κ3) is 1.86. The Balaban J connectivity index is 2.01. The zero-order chi connectivity index (χ0) is 11.8. The summed E-state index contributed by atoms with van der Waals surface area (Å²) in [6, 6.07) is 0.285. The number of rotatable bonds is 1. The van der Waals surface area contributed by atoms with Gasteiger partial charge in [0.1, 0.15) is 4.83 Å². The van der Waals surface area contributed by atoms with E-state index in [2.05, 4.69) is 15.7 Å². The molecule has 5 nitrogen and oxygen atoms in total. The summed E-state index contributed by atoms with van der Waals surface area (Å²) in [6.45, 7) is 2.96. The van der Waals surface area contributed by atoms with Crippen LogP contribution in [0.3, 0.4) is 0 Å². The van der Waals surface area contributed by atoms with Crippen LogP contribution in [-0.4, -0.2) is 26.4 Å². The first-order chi connectivity index (χ1) is 8.27. The number of nitrogens with zero attached hydrogens (tertiary/aromatic N) is 4. The summed E-state index contributed by atoms with van der Waals surface area (Å²) in [5.41, 5.74) is 2.19. The van der Waals surface area contributed by atoms with Crippen molar-refractivity contribution in [1.29, 1.82) is 0 Å². The SMILES string of the molecule is Cc1nnn2c(C3CCCCCN3N)csc12. The molecule has 3 rings (SSSR count). The second-order valence-electron chi connectivity index (χ2n) is 4.66. The number of nitrogens with two attached hydrogens (primary N) is 1. The van der Waals surface area contributed by atoms with Crippen LogP contribution < -0.4 is 5.84 Å². The summed E-state index contributed by atoms with van der Waals surface area (Å²) in [4.78, 5) is 1.14. The molecule has 1 atom stereocenters. The van der Waals surface area contributed by atoms with Crippen LogP contribution in [0.25, 0.3) is 4.83 Å². The predicted octanol–water partition coefficient (Wildman–Crippen LogP) is 1.89. The Morgan fingerprint density at radius 2 is 2.29 bits per heavy atom. The smallest absolute Gasteiger partial charge is 0.142 e. The van der Waals surface area contributed by atoms with Crippen molar-refractivity contribution in [2.45, 2.75) is 38.6 Å². The molecule has 0 aliphatic carbocycles. The lowest BCUT2D eigenvalue weighted by atomic mass is 10.1. The third-order valence-electron chi connectivity index (χ3n) is 3.46. The lowest BCUT2D eigenvalue weighted by Gasteiger charge is -2.23. The molecule has 17 heavy (non-hydrogen) atoms. The van der Waals surface area contributed by atoms with E-state index in [0.717, 1.165) is 23.5 Å². The summed E-state index contributed by atoms with van der Waals surface area (Å²) < 4.78 is 1.95. The number of aromatic nitrogens is 3. The Bertz CT molecular complexity index is 517. The van der Waals surface area contributed by atoms with Gasteiger partial charge in [-0.2, -0.15) is 0 Å². The Morgan fingerprint density at radius 1 is 1.41 bits per heavy atom. The van der Waals surface area contributed by atoms with Crippen molar-refractivity contribution in [3.05, 3.63) is 16.8 Å². The third-order valence-corrected chi connectivity index (χ3v) is 4.51. The molecule has 1 saturated heterocycles. The van der Waals surface area contributed by atoms with Gasteiger partial charge in [-0.05, 0) is 19.8 Å². The highest BCUT2D eigenvalue weighted by Gasteiger charge is 2.24. The Labute approximate surface area is 104 Å². The van der Waals surface area contributed by atoms with Gasteiger partial charge in [0, 0.05) is 11.9 Å². The van der Waals surface area contributed by atoms with Gasteiger partial charge in [0.25, 0.3) is 0 Å². The lowest BCUT2D eigenvalue weighted by Crippen LogP contribution is -2.35. The Hall–Kier alpha value is -0.980. The van der Waals surface area contributed by atoms with Crippen LogP contribution in [0.4, 0.5) is 0 Å². The molecule has 3 heterocycles. The van der Waals surface area contributed by atoms with Crippen molar-refractivity contribution in [3.8, 4) is 0 Å². The number of hydrazine groups is 1. The number of hydrogen-bond acceptors (Lipinski definition) is 5. The van der Waals surface area contributed by atoms with Gasteiger partial charge >= 0.3 is 0 Å². The van der Waals surface area contributed by atoms with Crippen LogP contribution in [0, 0.1) is 6.92 Å². The number of thiazole rings is 1. The number of fused-ring (bicyclic) bond motifs is 1. The van der Waals surface area contributed by atoms with Gasteiger partial charge in [0.05, 0.1) is 17.4 Å². The monoisotopic (exact) mass is 251 g/mol. The first kappa shape index (κ1) is 11.1. The Kier molecular flexibility index (Phi) is 2.85. The first-order valence-electron chi connectivity index (χ1n) is 6.08. The summed E-state index contributed by atoms with van der Waals surface area (Å²) in [7, 11) is 0. The van der Waals surface area contributed by atoms with Gasteiger partial charge in [-0.1, -0.05) is 18.1 Å². The van der Waals surface area contributed by atoms with Crippen molar-refractivity contribution in [3.63, 3.8) is 0 Å². The van der Waals surface area contributed by atoms with E-state index in [4.69, 9.17) is 5.84 Å². The van der Waals surface area contributed by atoms with Gasteiger partial charge in [-0.15, -0.1) is 16.4 Å². The van der Waals surface area contributed by atoms with E-state index in [1.807, 2.05) is 16.4 Å². The Morgan fingerprint density at radius 3 is 3.18 bits per heavy atom. The molecule has 1 fully saturated rings. The molecule has 0 spiro atoms. The van der Waals surface area contributed by atoms with Gasteiger partial charge in [0.2, 0.25) is 0 Å². The fourth-order valence-corrected chi connectivity index (χ4v) is 3.43. The van der Waals surface area contributed by atoms with E-state index in [1.54, 1.807) is 11.3 Å². The van der Waals surface area contributed by atoms with E-state index in [1.165, 1.54) is 25.0 Å². The fraction of sp³-hybridized carbons (Fsp3) is 0.636. The van der Waals surface area contributed by atoms with Crippen LogP contribution in [0.1, 0.15) is 43.1 Å². The van der Waals surface area contributed by atoms with Crippen molar-refractivity contribution in [1.82, 2.24) is 19.8 Å². The van der Waals surface area contributed by atoms with Crippen molar-refractivity contribution < 1.29 is 0 Å². The van der Waals surface area contributed by atoms with Gasteiger partial charge in [-0.3, -0.25) is 5.84 Å². The van der Waals surface area contributed by atoms with E-state index >= 15 is 0 Å². The molecular formula is C11H17N5S. The molecule has 2 aromatic rings. The average molecular weight is 251 g/mol. The maximum absolute atomic E-state index is 6.14. The quantitative estimate of drug-likeness (QED) is 0.786. The molecule has 0 bridgehead atoms. The standard InChI is InChI=1S/C11H17N5S/c1-8-11-16(14-13-8)10(7-17-11)9-5-3-2-4-6-15(9)12/h7,9H,2-6,12H2,1H3. The van der Waals surface area contributed by atoms with Crippen LogP contribution >= 0.6 is 11.3 Å². The highest BCUT2D eigenvalue weighted by Crippen LogP contribution is 2.31. The lowest BCUT2D eigenvalue weighted by molar-refractivity contribution is 0.200. The maximum Gasteiger partial charge on any atom is 0.142 e. The molecule has 2 aromatic heterocycles. The van der Waals surface area contributed by atoms with Crippen LogP contribution in [-0.2, 0) is 0 Å². The van der Waals surface area contributed by atoms with Crippen LogP contribution in [0.2, 0.25) is 0 Å². The molecule has 1 aliphatic rings. The van der Waals surface area contributed by atoms with E-state index in [0.29, 0.717) is 0 Å². The summed E-state index contributed by atoms with van der Waals surface area (Å²) in [6.07, 6.45) is 4.81.